The standard InChI is InChI=1S/C13H16N2O3/c1-2-18-13(17)12(16)10-5-6-11(14-9-10)15-7-3-4-8-15/h5-6,9H,2-4,7-8H2,1H3. The number of carbonyl (C=O) groups is 2. The number of hydrogen-bond acceptors (Lipinski definition) is 5. The summed E-state index contributed by atoms with van der Waals surface area (Å²) >= 11 is 0. The molecule has 5 nitrogen and oxygen atoms in total. The quantitative estimate of drug-likeness (QED) is 0.458. The molecular weight excluding hydrogens is 232 g/mol. The van der Waals surface area contributed by atoms with Crippen LogP contribution in [0.1, 0.15) is 30.1 Å². The van der Waals surface area contributed by atoms with Crippen molar-refractivity contribution in [3.8, 4) is 0 Å². The van der Waals surface area contributed by atoms with Gasteiger partial charge in [-0.05, 0) is 31.9 Å². The molecule has 0 N–H and O–H groups in total. The van der Waals surface area contributed by atoms with Crippen molar-refractivity contribution < 1.29 is 14.3 Å². The SMILES string of the molecule is CCOC(=O)C(=O)c1ccc(N2CCCC2)nc1. The molecule has 0 aliphatic carbocycles. The highest BCUT2D eigenvalue weighted by atomic mass is 16.5. The fourth-order valence-corrected chi connectivity index (χ4v) is 1.97. The van der Waals surface area contributed by atoms with Crippen molar-refractivity contribution in [1.29, 1.82) is 0 Å². The largest absolute Gasteiger partial charge is 0.460 e. The van der Waals surface area contributed by atoms with E-state index in [0.717, 1.165) is 18.9 Å². The molecule has 0 aromatic carbocycles. The first-order chi connectivity index (χ1) is 8.72. The van der Waals surface area contributed by atoms with E-state index >= 15 is 0 Å². The van der Waals surface area contributed by atoms with E-state index in [1.807, 2.05) is 0 Å². The molecule has 0 unspecified atom stereocenters. The summed E-state index contributed by atoms with van der Waals surface area (Å²) < 4.78 is 4.66. The number of Topliss-reactive ketones (excluding diaryl/α,β-unsaturated/α-hetero) is 1. The molecule has 0 saturated carbocycles. The first-order valence-electron chi connectivity index (χ1n) is 6.15. The smallest absolute Gasteiger partial charge is 0.379 e. The summed E-state index contributed by atoms with van der Waals surface area (Å²) in [5, 5.41) is 0. The van der Waals surface area contributed by atoms with E-state index in [-0.39, 0.29) is 12.2 Å². The number of pyridine rings is 1. The lowest BCUT2D eigenvalue weighted by Gasteiger charge is -2.15. The Morgan fingerprint density at radius 3 is 2.61 bits per heavy atom. The molecule has 1 aliphatic heterocycles. The van der Waals surface area contributed by atoms with Gasteiger partial charge in [0.2, 0.25) is 0 Å². The Morgan fingerprint density at radius 2 is 2.06 bits per heavy atom. The van der Waals surface area contributed by atoms with Gasteiger partial charge in [0, 0.05) is 24.8 Å². The third-order valence-electron chi connectivity index (χ3n) is 2.90. The van der Waals surface area contributed by atoms with Crippen molar-refractivity contribution >= 4 is 17.6 Å². The lowest BCUT2D eigenvalue weighted by molar-refractivity contribution is -0.137. The van der Waals surface area contributed by atoms with Crippen LogP contribution in [-0.2, 0) is 9.53 Å². The van der Waals surface area contributed by atoms with E-state index in [4.69, 9.17) is 0 Å². The van der Waals surface area contributed by atoms with Gasteiger partial charge in [0.05, 0.1) is 6.61 Å². The maximum Gasteiger partial charge on any atom is 0.379 e. The van der Waals surface area contributed by atoms with E-state index in [1.165, 1.54) is 19.0 Å². The van der Waals surface area contributed by atoms with Gasteiger partial charge in [0.1, 0.15) is 5.82 Å². The normalized spacial score (nSPS) is 14.6. The van der Waals surface area contributed by atoms with Gasteiger partial charge in [-0.2, -0.15) is 0 Å². The van der Waals surface area contributed by atoms with Gasteiger partial charge in [-0.15, -0.1) is 0 Å². The molecule has 2 rings (SSSR count). The summed E-state index contributed by atoms with van der Waals surface area (Å²) in [5.41, 5.74) is 0.274. The van der Waals surface area contributed by atoms with Gasteiger partial charge in [0.25, 0.3) is 5.78 Å². The van der Waals surface area contributed by atoms with Crippen molar-refractivity contribution in [2.45, 2.75) is 19.8 Å². The molecular formula is C13H16N2O3. The van der Waals surface area contributed by atoms with Crippen LogP contribution < -0.4 is 4.90 Å². The average Bonchev–Trinajstić information content (AvgIpc) is 2.92. The third kappa shape index (κ3) is 2.67. The lowest BCUT2D eigenvalue weighted by atomic mass is 10.2. The zero-order chi connectivity index (χ0) is 13.0. The molecule has 0 radical (unpaired) electrons. The van der Waals surface area contributed by atoms with Crippen molar-refractivity contribution in [2.75, 3.05) is 24.6 Å². The highest BCUT2D eigenvalue weighted by Crippen LogP contribution is 2.17. The van der Waals surface area contributed by atoms with Gasteiger partial charge in [-0.25, -0.2) is 9.78 Å². The minimum atomic E-state index is -0.826. The van der Waals surface area contributed by atoms with E-state index in [2.05, 4.69) is 14.6 Å². The highest BCUT2D eigenvalue weighted by molar-refractivity contribution is 6.40. The number of carbonyl (C=O) groups excluding carboxylic acids is 2. The summed E-state index contributed by atoms with van der Waals surface area (Å²) in [6, 6.07) is 3.40. The van der Waals surface area contributed by atoms with Crippen LogP contribution in [0, 0.1) is 0 Å². The van der Waals surface area contributed by atoms with Crippen molar-refractivity contribution in [2.24, 2.45) is 0 Å². The van der Waals surface area contributed by atoms with Crippen LogP contribution in [0.15, 0.2) is 18.3 Å². The highest BCUT2D eigenvalue weighted by Gasteiger charge is 2.19. The van der Waals surface area contributed by atoms with Crippen LogP contribution in [0.2, 0.25) is 0 Å². The molecule has 2 heterocycles. The van der Waals surface area contributed by atoms with Gasteiger partial charge in [0.15, 0.2) is 0 Å². The Labute approximate surface area is 106 Å². The molecule has 1 saturated heterocycles. The second kappa shape index (κ2) is 5.62. The summed E-state index contributed by atoms with van der Waals surface area (Å²) in [5.74, 6) is -0.613. The van der Waals surface area contributed by atoms with E-state index in [9.17, 15) is 9.59 Å². The van der Waals surface area contributed by atoms with Gasteiger partial charge in [-0.1, -0.05) is 0 Å². The molecule has 18 heavy (non-hydrogen) atoms. The summed E-state index contributed by atoms with van der Waals surface area (Å²) in [4.78, 5) is 29.3. The average molecular weight is 248 g/mol. The molecule has 0 spiro atoms. The van der Waals surface area contributed by atoms with Crippen LogP contribution in [0.4, 0.5) is 5.82 Å². The summed E-state index contributed by atoms with van der Waals surface area (Å²) in [6.45, 7) is 3.86. The molecule has 1 fully saturated rings. The van der Waals surface area contributed by atoms with Crippen LogP contribution in [-0.4, -0.2) is 36.4 Å². The number of ether oxygens (including phenoxy) is 1. The number of hydrogen-bond donors (Lipinski definition) is 0. The minimum absolute atomic E-state index is 0.198. The second-order valence-corrected chi connectivity index (χ2v) is 4.15. The van der Waals surface area contributed by atoms with Crippen LogP contribution >= 0.6 is 0 Å². The molecule has 0 atom stereocenters. The predicted molar refractivity (Wildman–Crippen MR) is 66.6 cm³/mol. The number of rotatable bonds is 4. The van der Waals surface area contributed by atoms with E-state index in [1.54, 1.807) is 19.1 Å². The topological polar surface area (TPSA) is 59.5 Å². The Bertz CT molecular complexity index is 436. The van der Waals surface area contributed by atoms with Crippen LogP contribution in [0.5, 0.6) is 0 Å². The van der Waals surface area contributed by atoms with Crippen molar-refractivity contribution in [3.05, 3.63) is 23.9 Å². The molecule has 96 valence electrons. The minimum Gasteiger partial charge on any atom is -0.460 e. The molecule has 5 heteroatoms. The van der Waals surface area contributed by atoms with Crippen molar-refractivity contribution in [3.63, 3.8) is 0 Å². The third-order valence-corrected chi connectivity index (χ3v) is 2.90. The summed E-state index contributed by atoms with van der Waals surface area (Å²) in [7, 11) is 0. The maximum absolute atomic E-state index is 11.6. The Morgan fingerprint density at radius 1 is 1.33 bits per heavy atom. The monoisotopic (exact) mass is 248 g/mol. The molecule has 1 aromatic heterocycles. The predicted octanol–water partition coefficient (Wildman–Crippen LogP) is 1.43. The second-order valence-electron chi connectivity index (χ2n) is 4.15. The molecule has 1 aromatic rings. The zero-order valence-corrected chi connectivity index (χ0v) is 10.4. The first kappa shape index (κ1) is 12.5. The summed E-state index contributed by atoms with van der Waals surface area (Å²) in [6.07, 6.45) is 3.78. The van der Waals surface area contributed by atoms with Gasteiger partial charge < -0.3 is 9.64 Å². The van der Waals surface area contributed by atoms with Crippen LogP contribution in [0.3, 0.4) is 0 Å². The fourth-order valence-electron chi connectivity index (χ4n) is 1.97. The number of nitrogens with zero attached hydrogens (tertiary/aromatic N) is 2. The van der Waals surface area contributed by atoms with E-state index in [0.29, 0.717) is 0 Å². The Balaban J connectivity index is 2.07. The number of anilines is 1. The Kier molecular flexibility index (Phi) is 3.92. The van der Waals surface area contributed by atoms with Gasteiger partial charge >= 0.3 is 5.97 Å². The number of aromatic nitrogens is 1. The van der Waals surface area contributed by atoms with Crippen molar-refractivity contribution in [1.82, 2.24) is 4.98 Å². The molecule has 0 amide bonds. The van der Waals surface area contributed by atoms with Crippen LogP contribution in [0.25, 0.3) is 0 Å². The first-order valence-corrected chi connectivity index (χ1v) is 6.15. The fraction of sp³-hybridized carbons (Fsp3) is 0.462. The number of ketones is 1. The maximum atomic E-state index is 11.6. The van der Waals surface area contributed by atoms with E-state index < -0.39 is 11.8 Å². The lowest BCUT2D eigenvalue weighted by Crippen LogP contribution is -2.20. The Hall–Kier alpha value is -1.91. The molecule has 1 aliphatic rings. The zero-order valence-electron chi connectivity index (χ0n) is 10.4. The molecule has 0 bridgehead atoms. The van der Waals surface area contributed by atoms with Gasteiger partial charge in [-0.3, -0.25) is 4.79 Å². The number of esters is 1.